The maximum absolute atomic E-state index is 13.0. The van der Waals surface area contributed by atoms with Gasteiger partial charge in [-0.15, -0.1) is 0 Å². The van der Waals surface area contributed by atoms with Gasteiger partial charge >= 0.3 is 0 Å². The van der Waals surface area contributed by atoms with Crippen LogP contribution in [0.1, 0.15) is 6.92 Å². The standard InChI is InChI=1S/C17H20N4O4S/c1-14(22)21(23)15-6-2-3-7-16(15)26(24,25)20-12-10-19(11-13-20)17-8-4-5-9-18-17/h2-9,23H,10-13H2,1H3. The molecule has 1 aromatic carbocycles. The first-order chi connectivity index (χ1) is 12.4. The number of hydrogen-bond acceptors (Lipinski definition) is 6. The molecule has 1 saturated heterocycles. The summed E-state index contributed by atoms with van der Waals surface area (Å²) in [6, 6.07) is 11.5. The summed E-state index contributed by atoms with van der Waals surface area (Å²) >= 11 is 0. The highest BCUT2D eigenvalue weighted by molar-refractivity contribution is 7.89. The minimum atomic E-state index is -3.84. The van der Waals surface area contributed by atoms with E-state index in [1.54, 1.807) is 18.3 Å². The van der Waals surface area contributed by atoms with Crippen LogP contribution in [0.25, 0.3) is 0 Å². The first-order valence-electron chi connectivity index (χ1n) is 8.16. The van der Waals surface area contributed by atoms with Crippen molar-refractivity contribution in [2.45, 2.75) is 11.8 Å². The van der Waals surface area contributed by atoms with E-state index in [2.05, 4.69) is 4.98 Å². The monoisotopic (exact) mass is 376 g/mol. The van der Waals surface area contributed by atoms with Crippen LogP contribution in [0.3, 0.4) is 0 Å². The van der Waals surface area contributed by atoms with Crippen molar-refractivity contribution < 1.29 is 18.4 Å². The molecule has 1 aliphatic heterocycles. The molecule has 0 aliphatic carbocycles. The molecule has 3 rings (SSSR count). The van der Waals surface area contributed by atoms with Crippen LogP contribution >= 0.6 is 0 Å². The Kier molecular flexibility index (Phi) is 5.21. The van der Waals surface area contributed by atoms with E-state index in [1.165, 1.54) is 16.4 Å². The Morgan fingerprint density at radius 3 is 2.35 bits per heavy atom. The second-order valence-electron chi connectivity index (χ2n) is 5.88. The Morgan fingerprint density at radius 1 is 1.08 bits per heavy atom. The minimum absolute atomic E-state index is 0.0489. The fourth-order valence-corrected chi connectivity index (χ4v) is 4.45. The van der Waals surface area contributed by atoms with E-state index in [4.69, 9.17) is 0 Å². The highest BCUT2D eigenvalue weighted by Gasteiger charge is 2.32. The number of hydrogen-bond donors (Lipinski definition) is 1. The maximum Gasteiger partial charge on any atom is 0.247 e. The molecule has 9 heteroatoms. The Bertz CT molecular complexity index is 881. The Balaban J connectivity index is 1.81. The molecule has 0 saturated carbocycles. The largest absolute Gasteiger partial charge is 0.354 e. The minimum Gasteiger partial charge on any atom is -0.354 e. The lowest BCUT2D eigenvalue weighted by molar-refractivity contribution is -0.121. The number of aromatic nitrogens is 1. The van der Waals surface area contributed by atoms with E-state index < -0.39 is 15.9 Å². The third kappa shape index (κ3) is 3.55. The lowest BCUT2D eigenvalue weighted by Gasteiger charge is -2.35. The quantitative estimate of drug-likeness (QED) is 0.639. The summed E-state index contributed by atoms with van der Waals surface area (Å²) in [6.07, 6.45) is 1.70. The lowest BCUT2D eigenvalue weighted by Crippen LogP contribution is -2.49. The fraction of sp³-hybridized carbons (Fsp3) is 0.294. The number of anilines is 2. The number of piperazine rings is 1. The van der Waals surface area contributed by atoms with Crippen molar-refractivity contribution in [2.75, 3.05) is 36.1 Å². The van der Waals surface area contributed by atoms with Crippen molar-refractivity contribution >= 4 is 27.4 Å². The van der Waals surface area contributed by atoms with Gasteiger partial charge in [0.05, 0.1) is 5.69 Å². The van der Waals surface area contributed by atoms with Crippen LogP contribution in [0, 0.1) is 0 Å². The lowest BCUT2D eigenvalue weighted by atomic mass is 10.3. The number of rotatable bonds is 4. The molecule has 1 aromatic heterocycles. The first-order valence-corrected chi connectivity index (χ1v) is 9.60. The van der Waals surface area contributed by atoms with Crippen molar-refractivity contribution in [3.05, 3.63) is 48.7 Å². The average molecular weight is 376 g/mol. The topological polar surface area (TPSA) is 94.0 Å². The maximum atomic E-state index is 13.0. The molecule has 0 atom stereocenters. The summed E-state index contributed by atoms with van der Waals surface area (Å²) in [7, 11) is -3.84. The molecule has 0 bridgehead atoms. The van der Waals surface area contributed by atoms with Gasteiger partial charge in [0.1, 0.15) is 10.7 Å². The van der Waals surface area contributed by atoms with Crippen molar-refractivity contribution in [1.29, 1.82) is 0 Å². The first kappa shape index (κ1) is 18.3. The van der Waals surface area contributed by atoms with Gasteiger partial charge in [0.25, 0.3) is 0 Å². The summed E-state index contributed by atoms with van der Waals surface area (Å²) in [6.45, 7) is 2.76. The zero-order valence-corrected chi connectivity index (χ0v) is 15.1. The van der Waals surface area contributed by atoms with Gasteiger partial charge < -0.3 is 4.90 Å². The fourth-order valence-electron chi connectivity index (χ4n) is 2.86. The van der Waals surface area contributed by atoms with Crippen molar-refractivity contribution in [1.82, 2.24) is 9.29 Å². The number of sulfonamides is 1. The molecule has 2 aromatic rings. The molecule has 26 heavy (non-hydrogen) atoms. The van der Waals surface area contributed by atoms with Crippen LogP contribution in [-0.2, 0) is 14.8 Å². The van der Waals surface area contributed by atoms with Crippen LogP contribution in [0.5, 0.6) is 0 Å². The molecule has 0 radical (unpaired) electrons. The number of carbonyl (C=O) groups is 1. The molecule has 138 valence electrons. The summed E-state index contributed by atoms with van der Waals surface area (Å²) in [5.74, 6) is 0.149. The smallest absolute Gasteiger partial charge is 0.247 e. The summed E-state index contributed by atoms with van der Waals surface area (Å²) in [5.41, 5.74) is -0.0489. The molecule has 8 nitrogen and oxygen atoms in total. The summed E-state index contributed by atoms with van der Waals surface area (Å²) in [5, 5.41) is 10.3. The summed E-state index contributed by atoms with van der Waals surface area (Å²) < 4.78 is 27.4. The normalized spacial score (nSPS) is 15.7. The molecule has 0 unspecified atom stereocenters. The molecule has 1 fully saturated rings. The predicted octanol–water partition coefficient (Wildman–Crippen LogP) is 1.33. The highest BCUT2D eigenvalue weighted by atomic mass is 32.2. The van der Waals surface area contributed by atoms with Crippen LogP contribution in [0.15, 0.2) is 53.6 Å². The van der Waals surface area contributed by atoms with Gasteiger partial charge in [0, 0.05) is 39.3 Å². The second kappa shape index (κ2) is 7.40. The zero-order valence-electron chi connectivity index (χ0n) is 14.3. The third-order valence-corrected chi connectivity index (χ3v) is 6.17. The number of para-hydroxylation sites is 1. The Hall–Kier alpha value is -2.49. The number of pyridine rings is 1. The van der Waals surface area contributed by atoms with Gasteiger partial charge in [-0.05, 0) is 24.3 Å². The van der Waals surface area contributed by atoms with Crippen molar-refractivity contribution in [3.8, 4) is 0 Å². The van der Waals surface area contributed by atoms with E-state index in [1.807, 2.05) is 23.1 Å². The van der Waals surface area contributed by atoms with Gasteiger partial charge in [-0.2, -0.15) is 9.37 Å². The van der Waals surface area contributed by atoms with Gasteiger partial charge in [0.2, 0.25) is 15.9 Å². The van der Waals surface area contributed by atoms with E-state index in [-0.39, 0.29) is 10.6 Å². The SMILES string of the molecule is CC(=O)N(O)c1ccccc1S(=O)(=O)N1CCN(c2ccccn2)CC1. The molecule has 1 N–H and O–H groups in total. The third-order valence-electron chi connectivity index (χ3n) is 4.22. The number of benzene rings is 1. The molecular weight excluding hydrogens is 356 g/mol. The van der Waals surface area contributed by atoms with Crippen LogP contribution in [-0.4, -0.2) is 55.0 Å². The van der Waals surface area contributed by atoms with Crippen LogP contribution in [0.4, 0.5) is 11.5 Å². The van der Waals surface area contributed by atoms with Crippen LogP contribution in [0.2, 0.25) is 0 Å². The molecule has 1 amide bonds. The summed E-state index contributed by atoms with van der Waals surface area (Å²) in [4.78, 5) is 17.7. The Labute approximate surface area is 152 Å². The van der Waals surface area contributed by atoms with E-state index in [0.29, 0.717) is 31.2 Å². The zero-order chi connectivity index (χ0) is 18.7. The van der Waals surface area contributed by atoms with Gasteiger partial charge in [-0.3, -0.25) is 10.0 Å². The van der Waals surface area contributed by atoms with Gasteiger partial charge in [-0.25, -0.2) is 13.4 Å². The molecule has 0 spiro atoms. The predicted molar refractivity (Wildman–Crippen MR) is 96.6 cm³/mol. The van der Waals surface area contributed by atoms with Crippen molar-refractivity contribution in [2.24, 2.45) is 0 Å². The molecular formula is C17H20N4O4S. The van der Waals surface area contributed by atoms with E-state index >= 15 is 0 Å². The van der Waals surface area contributed by atoms with E-state index in [9.17, 15) is 18.4 Å². The number of nitrogens with zero attached hydrogens (tertiary/aromatic N) is 4. The average Bonchev–Trinajstić information content (AvgIpc) is 2.68. The number of hydroxylamine groups is 1. The van der Waals surface area contributed by atoms with Gasteiger partial charge in [-0.1, -0.05) is 18.2 Å². The van der Waals surface area contributed by atoms with Gasteiger partial charge in [0.15, 0.2) is 0 Å². The van der Waals surface area contributed by atoms with E-state index in [0.717, 1.165) is 12.7 Å². The highest BCUT2D eigenvalue weighted by Crippen LogP contribution is 2.28. The number of amides is 1. The van der Waals surface area contributed by atoms with Crippen LogP contribution < -0.4 is 9.96 Å². The molecule has 1 aliphatic rings. The number of carbonyl (C=O) groups excluding carboxylic acids is 1. The Morgan fingerprint density at radius 2 is 1.73 bits per heavy atom. The molecule has 2 heterocycles. The van der Waals surface area contributed by atoms with Crippen molar-refractivity contribution in [3.63, 3.8) is 0 Å². The second-order valence-corrected chi connectivity index (χ2v) is 7.78.